The fourth-order valence-electron chi connectivity index (χ4n) is 1.93. The first-order valence-corrected chi connectivity index (χ1v) is 5.59. The van der Waals surface area contributed by atoms with Crippen LogP contribution >= 0.6 is 0 Å². The molecule has 1 aromatic carbocycles. The summed E-state index contributed by atoms with van der Waals surface area (Å²) in [6.07, 6.45) is 2.16. The number of rotatable bonds is 4. The number of hydrogen-bond acceptors (Lipinski definition) is 2. The predicted octanol–water partition coefficient (Wildman–Crippen LogP) is 2.11. The van der Waals surface area contributed by atoms with Gasteiger partial charge in [-0.25, -0.2) is 4.79 Å². The number of carbonyl (C=O) groups is 1. The summed E-state index contributed by atoms with van der Waals surface area (Å²) in [5.41, 5.74) is 1.21. The zero-order valence-electron chi connectivity index (χ0n) is 9.63. The van der Waals surface area contributed by atoms with Gasteiger partial charge in [0.15, 0.2) is 0 Å². The molecule has 0 saturated heterocycles. The molecule has 2 rings (SSSR count). The summed E-state index contributed by atoms with van der Waals surface area (Å²) in [5.74, 6) is -0.913. The smallest absolute Gasteiger partial charge is 0.336 e. The molecule has 2 N–H and O–H groups in total. The number of fused-ring (bicyclic) bond motifs is 1. The number of aliphatic hydroxyl groups is 1. The van der Waals surface area contributed by atoms with Gasteiger partial charge in [-0.15, -0.1) is 0 Å². The van der Waals surface area contributed by atoms with Crippen molar-refractivity contribution >= 4 is 16.9 Å². The minimum absolute atomic E-state index is 0.318. The zero-order chi connectivity index (χ0) is 12.4. The van der Waals surface area contributed by atoms with Crippen molar-refractivity contribution in [3.8, 4) is 0 Å². The molecule has 0 spiro atoms. The van der Waals surface area contributed by atoms with E-state index in [2.05, 4.69) is 0 Å². The van der Waals surface area contributed by atoms with Crippen LogP contribution in [0.5, 0.6) is 0 Å². The Labute approximate surface area is 99.1 Å². The van der Waals surface area contributed by atoms with Crippen LogP contribution in [0.1, 0.15) is 23.7 Å². The average molecular weight is 233 g/mol. The van der Waals surface area contributed by atoms with Crippen LogP contribution in [0.25, 0.3) is 10.9 Å². The Balaban J connectivity index is 2.40. The highest BCUT2D eigenvalue weighted by Gasteiger charge is 2.10. The normalized spacial score (nSPS) is 12.8. The van der Waals surface area contributed by atoms with Gasteiger partial charge in [0.25, 0.3) is 0 Å². The van der Waals surface area contributed by atoms with E-state index in [1.165, 1.54) is 0 Å². The Hall–Kier alpha value is -1.81. The van der Waals surface area contributed by atoms with E-state index < -0.39 is 5.97 Å². The second kappa shape index (κ2) is 4.59. The van der Waals surface area contributed by atoms with E-state index in [1.54, 1.807) is 25.1 Å². The van der Waals surface area contributed by atoms with E-state index in [1.807, 2.05) is 16.8 Å². The highest BCUT2D eigenvalue weighted by Crippen LogP contribution is 2.20. The fourth-order valence-corrected chi connectivity index (χ4v) is 1.93. The van der Waals surface area contributed by atoms with Crippen molar-refractivity contribution in [2.45, 2.75) is 26.0 Å². The van der Waals surface area contributed by atoms with E-state index >= 15 is 0 Å². The van der Waals surface area contributed by atoms with Crippen LogP contribution in [0, 0.1) is 0 Å². The van der Waals surface area contributed by atoms with Crippen LogP contribution in [0.3, 0.4) is 0 Å². The molecule has 0 radical (unpaired) electrons. The van der Waals surface area contributed by atoms with Crippen LogP contribution in [0.2, 0.25) is 0 Å². The molecule has 0 aliphatic carbocycles. The molecule has 1 aromatic heterocycles. The van der Waals surface area contributed by atoms with Gasteiger partial charge < -0.3 is 14.8 Å². The molecular formula is C13H15NO3. The first-order valence-electron chi connectivity index (χ1n) is 5.59. The minimum atomic E-state index is -0.913. The monoisotopic (exact) mass is 233 g/mol. The maximum atomic E-state index is 11.0. The number of benzene rings is 1. The van der Waals surface area contributed by atoms with Crippen molar-refractivity contribution in [3.05, 3.63) is 36.0 Å². The molecule has 4 nitrogen and oxygen atoms in total. The molecule has 1 unspecified atom stereocenters. The van der Waals surface area contributed by atoms with Gasteiger partial charge >= 0.3 is 5.97 Å². The summed E-state index contributed by atoms with van der Waals surface area (Å²) < 4.78 is 1.97. The first kappa shape index (κ1) is 11.7. The van der Waals surface area contributed by atoms with Crippen molar-refractivity contribution in [1.29, 1.82) is 0 Å². The van der Waals surface area contributed by atoms with Crippen molar-refractivity contribution in [2.75, 3.05) is 0 Å². The topological polar surface area (TPSA) is 62.5 Å². The predicted molar refractivity (Wildman–Crippen MR) is 65.2 cm³/mol. The van der Waals surface area contributed by atoms with Crippen molar-refractivity contribution in [1.82, 2.24) is 4.57 Å². The number of aryl methyl sites for hydroxylation is 1. The molecule has 0 aliphatic heterocycles. The summed E-state index contributed by atoms with van der Waals surface area (Å²) in [6.45, 7) is 2.43. The number of aromatic carboxylic acids is 1. The highest BCUT2D eigenvalue weighted by molar-refractivity contribution is 6.02. The van der Waals surface area contributed by atoms with Crippen molar-refractivity contribution in [3.63, 3.8) is 0 Å². The second-order valence-electron chi connectivity index (χ2n) is 4.19. The van der Waals surface area contributed by atoms with E-state index in [0.717, 1.165) is 10.9 Å². The Morgan fingerprint density at radius 3 is 2.82 bits per heavy atom. The van der Waals surface area contributed by atoms with Crippen LogP contribution in [0.4, 0.5) is 0 Å². The Morgan fingerprint density at radius 2 is 2.18 bits per heavy atom. The Bertz CT molecular complexity index is 543. The molecule has 0 amide bonds. The Morgan fingerprint density at radius 1 is 1.41 bits per heavy atom. The molecule has 0 bridgehead atoms. The van der Waals surface area contributed by atoms with Crippen LogP contribution < -0.4 is 0 Å². The van der Waals surface area contributed by atoms with Gasteiger partial charge in [0.05, 0.1) is 11.7 Å². The van der Waals surface area contributed by atoms with Gasteiger partial charge in [-0.05, 0) is 31.5 Å². The lowest BCUT2D eigenvalue weighted by molar-refractivity contribution is 0.0699. The van der Waals surface area contributed by atoms with Crippen LogP contribution in [-0.2, 0) is 6.54 Å². The van der Waals surface area contributed by atoms with Crippen molar-refractivity contribution in [2.24, 2.45) is 0 Å². The SMILES string of the molecule is CC(O)CCn1ccc2c(C(=O)O)cccc21. The summed E-state index contributed by atoms with van der Waals surface area (Å²) in [6, 6.07) is 7.04. The fraction of sp³-hybridized carbons (Fsp3) is 0.308. The molecule has 4 heteroatoms. The molecule has 17 heavy (non-hydrogen) atoms. The number of hydrogen-bond donors (Lipinski definition) is 2. The number of carboxylic acid groups (broad SMARTS) is 1. The standard InChI is InChI=1S/C13H15NO3/c1-9(15)5-7-14-8-6-10-11(13(16)17)3-2-4-12(10)14/h2-4,6,8-9,15H,5,7H2,1H3,(H,16,17). The molecule has 0 saturated carbocycles. The number of carboxylic acids is 1. The van der Waals surface area contributed by atoms with E-state index in [0.29, 0.717) is 18.5 Å². The van der Waals surface area contributed by atoms with E-state index in [4.69, 9.17) is 5.11 Å². The zero-order valence-corrected chi connectivity index (χ0v) is 9.63. The number of aliphatic hydroxyl groups excluding tert-OH is 1. The van der Waals surface area contributed by atoms with E-state index in [9.17, 15) is 9.90 Å². The quantitative estimate of drug-likeness (QED) is 0.850. The third-order valence-corrected chi connectivity index (χ3v) is 2.83. The molecule has 2 aromatic rings. The summed E-state index contributed by atoms with van der Waals surface area (Å²) in [4.78, 5) is 11.0. The molecule has 1 heterocycles. The van der Waals surface area contributed by atoms with Gasteiger partial charge in [0.2, 0.25) is 0 Å². The molecule has 1 atom stereocenters. The van der Waals surface area contributed by atoms with Gasteiger partial charge in [-0.3, -0.25) is 0 Å². The number of aromatic nitrogens is 1. The lowest BCUT2D eigenvalue weighted by Crippen LogP contribution is -2.06. The minimum Gasteiger partial charge on any atom is -0.478 e. The lowest BCUT2D eigenvalue weighted by atomic mass is 10.1. The van der Waals surface area contributed by atoms with E-state index in [-0.39, 0.29) is 6.10 Å². The highest BCUT2D eigenvalue weighted by atomic mass is 16.4. The maximum Gasteiger partial charge on any atom is 0.336 e. The molecule has 90 valence electrons. The number of nitrogens with zero attached hydrogens (tertiary/aromatic N) is 1. The third kappa shape index (κ3) is 2.31. The first-order chi connectivity index (χ1) is 8.09. The van der Waals surface area contributed by atoms with Gasteiger partial charge in [-0.1, -0.05) is 6.07 Å². The lowest BCUT2D eigenvalue weighted by Gasteiger charge is -2.07. The van der Waals surface area contributed by atoms with Crippen LogP contribution in [-0.4, -0.2) is 26.9 Å². The van der Waals surface area contributed by atoms with Gasteiger partial charge in [0.1, 0.15) is 0 Å². The summed E-state index contributed by atoms with van der Waals surface area (Å²) >= 11 is 0. The van der Waals surface area contributed by atoms with Gasteiger partial charge in [0, 0.05) is 23.6 Å². The maximum absolute atomic E-state index is 11.0. The summed E-state index contributed by atoms with van der Waals surface area (Å²) in [5, 5.41) is 19.1. The largest absolute Gasteiger partial charge is 0.478 e. The molecule has 0 aliphatic rings. The van der Waals surface area contributed by atoms with Crippen LogP contribution in [0.15, 0.2) is 30.5 Å². The van der Waals surface area contributed by atoms with Gasteiger partial charge in [-0.2, -0.15) is 0 Å². The average Bonchev–Trinajstić information content (AvgIpc) is 2.68. The summed E-state index contributed by atoms with van der Waals surface area (Å²) in [7, 11) is 0. The molecule has 0 fully saturated rings. The third-order valence-electron chi connectivity index (χ3n) is 2.83. The Kier molecular flexibility index (Phi) is 3.15. The molecular weight excluding hydrogens is 218 g/mol. The second-order valence-corrected chi connectivity index (χ2v) is 4.19. The van der Waals surface area contributed by atoms with Crippen molar-refractivity contribution < 1.29 is 15.0 Å².